The van der Waals surface area contributed by atoms with Crippen LogP contribution in [0, 0.1) is 17.7 Å². The number of amides is 2. The number of esters is 1. The van der Waals surface area contributed by atoms with Crippen molar-refractivity contribution in [2.45, 2.75) is 58.3 Å². The maximum Gasteiger partial charge on any atom is 0.410 e. The van der Waals surface area contributed by atoms with Crippen LogP contribution >= 0.6 is 0 Å². The second kappa shape index (κ2) is 18.3. The first-order valence-corrected chi connectivity index (χ1v) is 18.5. The van der Waals surface area contributed by atoms with E-state index in [1.54, 1.807) is 4.90 Å². The number of aliphatic hydroxyl groups is 1. The van der Waals surface area contributed by atoms with Crippen LogP contribution in [0.5, 0.6) is 0 Å². The number of rotatable bonds is 6. The van der Waals surface area contributed by atoms with Crippen LogP contribution in [-0.2, 0) is 23.8 Å². The van der Waals surface area contributed by atoms with E-state index >= 15 is 4.39 Å². The minimum atomic E-state index is -0.890. The molecule has 1 N–H and O–H groups in total. The summed E-state index contributed by atoms with van der Waals surface area (Å²) in [5, 5.41) is 10.7. The summed E-state index contributed by atoms with van der Waals surface area (Å²) in [7, 11) is 2.03. The Balaban J connectivity index is 1.28. The van der Waals surface area contributed by atoms with Crippen LogP contribution in [0.1, 0.15) is 45.6 Å². The first-order chi connectivity index (χ1) is 24.4. The number of benzene rings is 1. The molecule has 5 rings (SSSR count). The van der Waals surface area contributed by atoms with Gasteiger partial charge in [-0.2, -0.15) is 0 Å². The zero-order chi connectivity index (χ0) is 36.5. The molecule has 3 saturated heterocycles. The molecule has 51 heavy (non-hydrogen) atoms. The van der Waals surface area contributed by atoms with Crippen LogP contribution in [-0.4, -0.2) is 153 Å². The number of hydrogen-bond acceptors (Lipinski definition) is 10. The number of carbonyl (C=O) groups excluding carboxylic acids is 3. The van der Waals surface area contributed by atoms with Crippen molar-refractivity contribution in [2.75, 3.05) is 97.2 Å². The summed E-state index contributed by atoms with van der Waals surface area (Å²) in [5.74, 6) is -1.18. The predicted molar refractivity (Wildman–Crippen MR) is 193 cm³/mol. The number of likely N-dealkylation sites (N-methyl/N-ethyl adjacent to an activating group) is 1. The summed E-state index contributed by atoms with van der Waals surface area (Å²) < 4.78 is 32.4. The Hall–Kier alpha value is -3.52. The van der Waals surface area contributed by atoms with Crippen LogP contribution in [0.4, 0.5) is 14.9 Å². The molecule has 3 fully saturated rings. The number of anilines is 1. The number of hydrogen-bond donors (Lipinski definition) is 1. The largest absolute Gasteiger partial charge is 0.457 e. The average Bonchev–Trinajstić information content (AvgIpc) is 3.11. The van der Waals surface area contributed by atoms with Gasteiger partial charge in [-0.1, -0.05) is 26.0 Å². The average molecular weight is 714 g/mol. The standard InChI is InChI=1S/C38H56FN5O7/c1-27-5-7-33(45)25-36(47)51-37(28(2)6-8-34(27)50-38(48)44-11-9-40(4)10-12-44)29(3)21-30-22-31(39)24-32(23-30)42-13-15-43(16-14-42)35(46)26-41-17-19-49-20-18-41/h6,8,21-24,27-28,33-34,37,45H,5,7,9-20,25-26H2,1-4H3/b8-6+,29-21+/t27-,28-,33+,34-,37-/m0/s1. The summed E-state index contributed by atoms with van der Waals surface area (Å²) in [6.45, 7) is 14.0. The molecule has 0 aromatic heterocycles. The van der Waals surface area contributed by atoms with Gasteiger partial charge in [-0.25, -0.2) is 9.18 Å². The topological polar surface area (TPSA) is 115 Å². The normalized spacial score (nSPS) is 28.7. The Morgan fingerprint density at radius 2 is 1.63 bits per heavy atom. The van der Waals surface area contributed by atoms with Crippen molar-refractivity contribution in [3.05, 3.63) is 47.3 Å². The molecular weight excluding hydrogens is 657 g/mol. The Bertz CT molecular complexity index is 1400. The van der Waals surface area contributed by atoms with Gasteiger partial charge in [0.15, 0.2) is 0 Å². The fourth-order valence-corrected chi connectivity index (χ4v) is 7.10. The van der Waals surface area contributed by atoms with Crippen molar-refractivity contribution in [3.63, 3.8) is 0 Å². The van der Waals surface area contributed by atoms with Crippen molar-refractivity contribution in [2.24, 2.45) is 11.8 Å². The third kappa shape index (κ3) is 11.2. The first kappa shape index (κ1) is 38.7. The molecule has 0 spiro atoms. The van der Waals surface area contributed by atoms with Gasteiger partial charge in [-0.05, 0) is 68.1 Å². The Morgan fingerprint density at radius 3 is 2.33 bits per heavy atom. The maximum absolute atomic E-state index is 15.1. The third-order valence-corrected chi connectivity index (χ3v) is 10.5. The van der Waals surface area contributed by atoms with Crippen molar-refractivity contribution < 1.29 is 38.1 Å². The fourth-order valence-electron chi connectivity index (χ4n) is 7.10. The second-order valence-electron chi connectivity index (χ2n) is 14.6. The molecule has 4 heterocycles. The summed E-state index contributed by atoms with van der Waals surface area (Å²) in [5.41, 5.74) is 2.06. The SMILES string of the molecule is C/C(=C\c1cc(F)cc(N2CCN(C(=O)CN3CCOCC3)CC2)c1)[C@H]1OC(=O)C[C@H](O)CC[C@H](C)[C@@H](OC(=O)N2CCN(C)CC2)/C=C/[C@@H]1C. The molecule has 282 valence electrons. The van der Waals surface area contributed by atoms with Gasteiger partial charge in [0.05, 0.1) is 32.3 Å². The first-order valence-electron chi connectivity index (χ1n) is 18.5. The molecule has 1 aromatic rings. The van der Waals surface area contributed by atoms with E-state index in [2.05, 4.69) is 14.7 Å². The van der Waals surface area contributed by atoms with E-state index in [9.17, 15) is 19.5 Å². The Morgan fingerprint density at radius 1 is 0.941 bits per heavy atom. The summed E-state index contributed by atoms with van der Waals surface area (Å²) >= 11 is 0. The van der Waals surface area contributed by atoms with Gasteiger partial charge in [0, 0.05) is 77.1 Å². The number of ether oxygens (including phenoxy) is 3. The van der Waals surface area contributed by atoms with Crippen molar-refractivity contribution >= 4 is 29.7 Å². The van der Waals surface area contributed by atoms with Crippen LogP contribution in [0.3, 0.4) is 0 Å². The predicted octanol–water partition coefficient (Wildman–Crippen LogP) is 3.25. The molecule has 0 saturated carbocycles. The lowest BCUT2D eigenvalue weighted by atomic mass is 9.91. The van der Waals surface area contributed by atoms with Gasteiger partial charge in [0.1, 0.15) is 18.0 Å². The van der Waals surface area contributed by atoms with E-state index in [1.807, 2.05) is 57.0 Å². The molecule has 0 bridgehead atoms. The van der Waals surface area contributed by atoms with E-state index in [0.29, 0.717) is 83.0 Å². The van der Waals surface area contributed by atoms with Gasteiger partial charge in [-0.3, -0.25) is 14.5 Å². The number of piperazine rings is 2. The zero-order valence-electron chi connectivity index (χ0n) is 30.7. The van der Waals surface area contributed by atoms with Gasteiger partial charge in [0.25, 0.3) is 0 Å². The van der Waals surface area contributed by atoms with Crippen molar-refractivity contribution in [3.8, 4) is 0 Å². The van der Waals surface area contributed by atoms with Crippen LogP contribution in [0.15, 0.2) is 35.9 Å². The lowest BCUT2D eigenvalue weighted by molar-refractivity contribution is -0.151. The minimum Gasteiger partial charge on any atom is -0.457 e. The summed E-state index contributed by atoms with van der Waals surface area (Å²) in [6.07, 6.45) is 3.94. The van der Waals surface area contributed by atoms with E-state index in [1.165, 1.54) is 12.1 Å². The smallest absolute Gasteiger partial charge is 0.410 e. The molecule has 5 atom stereocenters. The van der Waals surface area contributed by atoms with Gasteiger partial charge < -0.3 is 38.9 Å². The number of halogens is 1. The number of carbonyl (C=O) groups is 3. The highest BCUT2D eigenvalue weighted by Gasteiger charge is 2.30. The second-order valence-corrected chi connectivity index (χ2v) is 14.6. The summed E-state index contributed by atoms with van der Waals surface area (Å²) in [6, 6.07) is 4.87. The van der Waals surface area contributed by atoms with E-state index in [-0.39, 0.29) is 36.1 Å². The van der Waals surface area contributed by atoms with Crippen LogP contribution < -0.4 is 4.90 Å². The fraction of sp³-hybridized carbons (Fsp3) is 0.658. The number of morpholine rings is 1. The van der Waals surface area contributed by atoms with E-state index in [0.717, 1.165) is 31.9 Å². The molecule has 12 nitrogen and oxygen atoms in total. The molecule has 2 amide bonds. The lowest BCUT2D eigenvalue weighted by Gasteiger charge is -2.37. The number of aliphatic hydroxyl groups excluding tert-OH is 1. The zero-order valence-corrected chi connectivity index (χ0v) is 30.7. The Kier molecular flexibility index (Phi) is 13.9. The third-order valence-electron chi connectivity index (χ3n) is 10.5. The molecule has 13 heteroatoms. The van der Waals surface area contributed by atoms with Crippen molar-refractivity contribution in [1.82, 2.24) is 19.6 Å². The molecule has 1 aromatic carbocycles. The maximum atomic E-state index is 15.1. The number of nitrogens with zero attached hydrogens (tertiary/aromatic N) is 5. The van der Waals surface area contributed by atoms with Crippen molar-refractivity contribution in [1.29, 1.82) is 0 Å². The van der Waals surface area contributed by atoms with Crippen LogP contribution in [0.25, 0.3) is 6.08 Å². The molecule has 0 radical (unpaired) electrons. The quantitative estimate of drug-likeness (QED) is 0.348. The molecule has 4 aliphatic rings. The summed E-state index contributed by atoms with van der Waals surface area (Å²) in [4.78, 5) is 49.0. The van der Waals surface area contributed by atoms with E-state index in [4.69, 9.17) is 14.2 Å². The van der Waals surface area contributed by atoms with Gasteiger partial charge >= 0.3 is 12.1 Å². The number of cyclic esters (lactones) is 1. The highest BCUT2D eigenvalue weighted by molar-refractivity contribution is 5.78. The molecular formula is C38H56FN5O7. The Labute approximate surface area is 301 Å². The van der Waals surface area contributed by atoms with Gasteiger partial charge in [-0.15, -0.1) is 0 Å². The lowest BCUT2D eigenvalue weighted by Crippen LogP contribution is -2.52. The monoisotopic (exact) mass is 713 g/mol. The highest BCUT2D eigenvalue weighted by atomic mass is 19.1. The molecule has 4 aliphatic heterocycles. The molecule has 0 unspecified atom stereocenters. The highest BCUT2D eigenvalue weighted by Crippen LogP contribution is 2.28. The minimum absolute atomic E-state index is 0.0829. The van der Waals surface area contributed by atoms with E-state index < -0.39 is 24.3 Å². The van der Waals surface area contributed by atoms with Crippen LogP contribution in [0.2, 0.25) is 0 Å². The molecule has 0 aliphatic carbocycles. The van der Waals surface area contributed by atoms with Gasteiger partial charge in [0.2, 0.25) is 5.91 Å².